The van der Waals surface area contributed by atoms with E-state index in [1.165, 1.54) is 0 Å². The first kappa shape index (κ1) is 21.3. The molecule has 32 heavy (non-hydrogen) atoms. The quantitative estimate of drug-likeness (QED) is 0.370. The van der Waals surface area contributed by atoms with Gasteiger partial charge in [0.05, 0.1) is 18.0 Å². The summed E-state index contributed by atoms with van der Waals surface area (Å²) >= 11 is 1.62. The topological polar surface area (TPSA) is 108 Å². The summed E-state index contributed by atoms with van der Waals surface area (Å²) in [6.07, 6.45) is -2.19. The predicted molar refractivity (Wildman–Crippen MR) is 121 cm³/mol. The van der Waals surface area contributed by atoms with Gasteiger partial charge in [-0.05, 0) is 11.6 Å². The Kier molecular flexibility index (Phi) is 5.81. The molecule has 2 aromatic carbocycles. The van der Waals surface area contributed by atoms with Crippen molar-refractivity contribution in [3.05, 3.63) is 77.6 Å². The molecule has 8 heteroatoms. The van der Waals surface area contributed by atoms with E-state index in [1.807, 2.05) is 59.4 Å². The van der Waals surface area contributed by atoms with Crippen LogP contribution in [0.2, 0.25) is 0 Å². The lowest BCUT2D eigenvalue weighted by atomic mass is 9.91. The zero-order valence-corrected chi connectivity index (χ0v) is 18.0. The van der Waals surface area contributed by atoms with Crippen molar-refractivity contribution in [1.29, 1.82) is 0 Å². The maximum absolute atomic E-state index is 10.6. The molecule has 0 spiro atoms. The number of ether oxygens (including phenoxy) is 1. The Morgan fingerprint density at radius 1 is 0.938 bits per heavy atom. The number of fused-ring (bicyclic) bond motifs is 1. The fourth-order valence-corrected chi connectivity index (χ4v) is 5.18. The van der Waals surface area contributed by atoms with Gasteiger partial charge in [0.1, 0.15) is 35.5 Å². The normalized spacial score (nSPS) is 25.9. The largest absolute Gasteiger partial charge is 0.394 e. The van der Waals surface area contributed by atoms with Gasteiger partial charge in [0, 0.05) is 28.9 Å². The number of rotatable bonds is 5. The zero-order chi connectivity index (χ0) is 22.2. The van der Waals surface area contributed by atoms with Crippen molar-refractivity contribution in [2.45, 2.75) is 37.1 Å². The second-order valence-corrected chi connectivity index (χ2v) is 9.08. The van der Waals surface area contributed by atoms with Crippen molar-refractivity contribution in [3.63, 3.8) is 0 Å². The standard InChI is InChI=1S/C24H24N2O5S/c27-13-18-21(28)22(29)23(30)24(31-18)16-11-26(17-9-5-4-8-15(16)17)12-20-25-10-19(32-20)14-6-2-1-3-7-14/h1-11,18,21-24,27-30H,12-13H2. The maximum atomic E-state index is 10.6. The molecule has 0 saturated carbocycles. The molecule has 7 nitrogen and oxygen atoms in total. The SMILES string of the molecule is OCC1OC(c2cn(Cc3ncc(-c4ccccc4)s3)c3ccccc23)C(O)C(O)C1O. The number of thiazole rings is 1. The van der Waals surface area contributed by atoms with E-state index < -0.39 is 37.1 Å². The van der Waals surface area contributed by atoms with E-state index >= 15 is 0 Å². The van der Waals surface area contributed by atoms with Crippen molar-refractivity contribution in [1.82, 2.24) is 9.55 Å². The number of aliphatic hydroxyl groups is 4. The lowest BCUT2D eigenvalue weighted by Gasteiger charge is -2.40. The van der Waals surface area contributed by atoms with Crippen LogP contribution in [-0.4, -0.2) is 61.0 Å². The van der Waals surface area contributed by atoms with Gasteiger partial charge in [0.2, 0.25) is 0 Å². The number of aromatic nitrogens is 2. The van der Waals surface area contributed by atoms with Crippen molar-refractivity contribution in [3.8, 4) is 10.4 Å². The Morgan fingerprint density at radius 2 is 1.69 bits per heavy atom. The average molecular weight is 453 g/mol. The Hall–Kier alpha value is -2.59. The summed E-state index contributed by atoms with van der Waals surface area (Å²) in [5.74, 6) is 0. The molecule has 4 N–H and O–H groups in total. The van der Waals surface area contributed by atoms with Crippen LogP contribution in [0.15, 0.2) is 67.0 Å². The summed E-state index contributed by atoms with van der Waals surface area (Å²) in [6.45, 7) is 0.0803. The van der Waals surface area contributed by atoms with Crippen molar-refractivity contribution in [2.24, 2.45) is 0 Å². The lowest BCUT2D eigenvalue weighted by Crippen LogP contribution is -2.55. The van der Waals surface area contributed by atoms with Crippen LogP contribution in [-0.2, 0) is 11.3 Å². The average Bonchev–Trinajstić information content (AvgIpc) is 3.44. The fourth-order valence-electron chi connectivity index (χ4n) is 4.26. The molecule has 0 radical (unpaired) electrons. The van der Waals surface area contributed by atoms with Crippen LogP contribution in [0.1, 0.15) is 16.7 Å². The molecule has 2 aromatic heterocycles. The molecule has 5 atom stereocenters. The van der Waals surface area contributed by atoms with Gasteiger partial charge in [-0.25, -0.2) is 4.98 Å². The molecular formula is C24H24N2O5S. The Morgan fingerprint density at radius 3 is 2.47 bits per heavy atom. The Labute approximate surface area is 188 Å². The number of hydrogen-bond acceptors (Lipinski definition) is 7. The minimum Gasteiger partial charge on any atom is -0.394 e. The van der Waals surface area contributed by atoms with Gasteiger partial charge < -0.3 is 29.7 Å². The van der Waals surface area contributed by atoms with Crippen LogP contribution in [0.4, 0.5) is 0 Å². The molecule has 5 unspecified atom stereocenters. The summed E-state index contributed by atoms with van der Waals surface area (Å²) in [6, 6.07) is 17.8. The lowest BCUT2D eigenvalue weighted by molar-refractivity contribution is -0.231. The van der Waals surface area contributed by atoms with Crippen LogP contribution >= 0.6 is 11.3 Å². The van der Waals surface area contributed by atoms with Crippen molar-refractivity contribution >= 4 is 22.2 Å². The van der Waals surface area contributed by atoms with Crippen LogP contribution in [0, 0.1) is 0 Å². The van der Waals surface area contributed by atoms with Gasteiger partial charge in [0.25, 0.3) is 0 Å². The summed E-state index contributed by atoms with van der Waals surface area (Å²) in [5, 5.41) is 42.4. The third-order valence-electron chi connectivity index (χ3n) is 5.94. The number of benzene rings is 2. The van der Waals surface area contributed by atoms with Gasteiger partial charge in [0.15, 0.2) is 0 Å². The van der Waals surface area contributed by atoms with Gasteiger partial charge in [-0.3, -0.25) is 0 Å². The smallest absolute Gasteiger partial charge is 0.114 e. The highest BCUT2D eigenvalue weighted by atomic mass is 32.1. The predicted octanol–water partition coefficient (Wildman–Crippen LogP) is 2.33. The van der Waals surface area contributed by atoms with E-state index in [2.05, 4.69) is 17.1 Å². The molecule has 1 fully saturated rings. The molecule has 1 saturated heterocycles. The summed E-state index contributed by atoms with van der Waals surface area (Å²) in [5.41, 5.74) is 2.75. The third kappa shape index (κ3) is 3.75. The summed E-state index contributed by atoms with van der Waals surface area (Å²) in [4.78, 5) is 5.68. The minimum atomic E-state index is -1.42. The highest BCUT2D eigenvalue weighted by molar-refractivity contribution is 7.15. The first-order valence-electron chi connectivity index (χ1n) is 10.4. The van der Waals surface area contributed by atoms with Gasteiger partial charge in [-0.2, -0.15) is 0 Å². The first-order chi connectivity index (χ1) is 15.6. The summed E-state index contributed by atoms with van der Waals surface area (Å²) < 4.78 is 7.86. The van der Waals surface area contributed by atoms with E-state index in [-0.39, 0.29) is 0 Å². The second kappa shape index (κ2) is 8.74. The van der Waals surface area contributed by atoms with Crippen molar-refractivity contribution < 1.29 is 25.2 Å². The zero-order valence-electron chi connectivity index (χ0n) is 17.2. The fraction of sp³-hybridized carbons (Fsp3) is 0.292. The van der Waals surface area contributed by atoms with Crippen LogP contribution in [0.3, 0.4) is 0 Å². The van der Waals surface area contributed by atoms with Gasteiger partial charge >= 0.3 is 0 Å². The highest BCUT2D eigenvalue weighted by Gasteiger charge is 2.44. The number of para-hydroxylation sites is 1. The monoisotopic (exact) mass is 452 g/mol. The second-order valence-electron chi connectivity index (χ2n) is 7.96. The molecule has 1 aliphatic heterocycles. The van der Waals surface area contributed by atoms with Crippen LogP contribution in [0.5, 0.6) is 0 Å². The van der Waals surface area contributed by atoms with Crippen LogP contribution in [0.25, 0.3) is 21.3 Å². The number of hydrogen-bond donors (Lipinski definition) is 4. The van der Waals surface area contributed by atoms with Crippen LogP contribution < -0.4 is 0 Å². The molecule has 166 valence electrons. The Bertz CT molecular complexity index is 1210. The van der Waals surface area contributed by atoms with E-state index in [4.69, 9.17) is 4.74 Å². The summed E-state index contributed by atoms with van der Waals surface area (Å²) in [7, 11) is 0. The molecule has 0 bridgehead atoms. The van der Waals surface area contributed by atoms with E-state index in [0.717, 1.165) is 26.4 Å². The maximum Gasteiger partial charge on any atom is 0.114 e. The molecule has 1 aliphatic rings. The highest BCUT2D eigenvalue weighted by Crippen LogP contribution is 2.37. The molecule has 0 amide bonds. The molecule has 0 aliphatic carbocycles. The Balaban J connectivity index is 1.49. The van der Waals surface area contributed by atoms with Crippen molar-refractivity contribution in [2.75, 3.05) is 6.61 Å². The van der Waals surface area contributed by atoms with E-state index in [9.17, 15) is 20.4 Å². The molecule has 4 aromatic rings. The van der Waals surface area contributed by atoms with Gasteiger partial charge in [-0.15, -0.1) is 11.3 Å². The molecule has 3 heterocycles. The molecule has 5 rings (SSSR count). The minimum absolute atomic E-state index is 0.457. The van der Waals surface area contributed by atoms with E-state index in [1.54, 1.807) is 11.3 Å². The number of aliphatic hydroxyl groups excluding tert-OH is 4. The third-order valence-corrected chi connectivity index (χ3v) is 6.97. The molecular weight excluding hydrogens is 428 g/mol. The first-order valence-corrected chi connectivity index (χ1v) is 11.3. The van der Waals surface area contributed by atoms with E-state index in [0.29, 0.717) is 12.1 Å². The van der Waals surface area contributed by atoms with Gasteiger partial charge in [-0.1, -0.05) is 48.5 Å². The number of nitrogens with zero attached hydrogens (tertiary/aromatic N) is 2.